The maximum Gasteiger partial charge on any atom is 0.243 e. The molecule has 0 bridgehead atoms. The molecule has 0 aliphatic carbocycles. The number of benzene rings is 1. The second-order valence-corrected chi connectivity index (χ2v) is 6.21. The van der Waals surface area contributed by atoms with Crippen LogP contribution >= 0.6 is 0 Å². The summed E-state index contributed by atoms with van der Waals surface area (Å²) in [6.45, 7) is 0.922. The zero-order valence-electron chi connectivity index (χ0n) is 10.4. The highest BCUT2D eigenvalue weighted by Crippen LogP contribution is 2.26. The van der Waals surface area contributed by atoms with Crippen molar-refractivity contribution in [1.82, 2.24) is 4.31 Å². The lowest BCUT2D eigenvalue weighted by molar-refractivity contribution is 0.392. The van der Waals surface area contributed by atoms with Crippen LogP contribution in [0.4, 0.5) is 0 Å². The predicted molar refractivity (Wildman–Crippen MR) is 69.0 cm³/mol. The highest BCUT2D eigenvalue weighted by atomic mass is 32.2. The van der Waals surface area contributed by atoms with E-state index in [-0.39, 0.29) is 6.04 Å². The Morgan fingerprint density at radius 1 is 1.39 bits per heavy atom. The van der Waals surface area contributed by atoms with E-state index < -0.39 is 10.0 Å². The molecule has 1 aliphatic heterocycles. The molecule has 0 saturated carbocycles. The van der Waals surface area contributed by atoms with Gasteiger partial charge in [-0.1, -0.05) is 0 Å². The number of methoxy groups -OCH3 is 1. The fraction of sp³-hybridized carbons (Fsp3) is 0.500. The van der Waals surface area contributed by atoms with E-state index in [2.05, 4.69) is 0 Å². The predicted octanol–water partition coefficient (Wildman–Crippen LogP) is 0.807. The fourth-order valence-corrected chi connectivity index (χ4v) is 3.95. The summed E-state index contributed by atoms with van der Waals surface area (Å²) in [5.74, 6) is 0.644. The third kappa shape index (κ3) is 2.36. The van der Waals surface area contributed by atoms with Crippen LogP contribution in [0, 0.1) is 0 Å². The van der Waals surface area contributed by atoms with Crippen LogP contribution in [0.25, 0.3) is 0 Å². The molecular weight excluding hydrogens is 252 g/mol. The van der Waals surface area contributed by atoms with Crippen molar-refractivity contribution in [3.05, 3.63) is 24.3 Å². The number of nitrogens with zero attached hydrogens (tertiary/aromatic N) is 1. The third-order valence-electron chi connectivity index (χ3n) is 3.26. The average Bonchev–Trinajstić information content (AvgIpc) is 2.88. The molecule has 1 saturated heterocycles. The van der Waals surface area contributed by atoms with Crippen molar-refractivity contribution in [2.24, 2.45) is 5.73 Å². The molecule has 100 valence electrons. The first-order chi connectivity index (χ1) is 8.59. The molecule has 5 nitrogen and oxygen atoms in total. The third-order valence-corrected chi connectivity index (χ3v) is 5.23. The van der Waals surface area contributed by atoms with Gasteiger partial charge >= 0.3 is 0 Å². The van der Waals surface area contributed by atoms with Crippen LogP contribution in [0.15, 0.2) is 29.2 Å². The first kappa shape index (κ1) is 13.3. The lowest BCUT2D eigenvalue weighted by Gasteiger charge is -2.22. The summed E-state index contributed by atoms with van der Waals surface area (Å²) in [6.07, 6.45) is 1.71. The molecule has 1 aliphatic rings. The monoisotopic (exact) mass is 270 g/mol. The molecule has 1 heterocycles. The number of hydrogen-bond donors (Lipinski definition) is 1. The van der Waals surface area contributed by atoms with Crippen molar-refractivity contribution in [1.29, 1.82) is 0 Å². The van der Waals surface area contributed by atoms with E-state index in [1.807, 2.05) is 0 Å². The SMILES string of the molecule is COc1ccc(S(=O)(=O)N2CCC[C@H]2CN)cc1. The Labute approximate surface area is 108 Å². The maximum atomic E-state index is 12.4. The Kier molecular flexibility index (Phi) is 3.89. The van der Waals surface area contributed by atoms with Crippen molar-refractivity contribution in [3.8, 4) is 5.75 Å². The van der Waals surface area contributed by atoms with Crippen LogP contribution in [0.3, 0.4) is 0 Å². The van der Waals surface area contributed by atoms with Crippen molar-refractivity contribution >= 4 is 10.0 Å². The van der Waals surface area contributed by atoms with Crippen molar-refractivity contribution in [2.45, 2.75) is 23.8 Å². The molecule has 1 atom stereocenters. The molecule has 0 unspecified atom stereocenters. The number of nitrogens with two attached hydrogens (primary N) is 1. The van der Waals surface area contributed by atoms with Crippen LogP contribution in [0.2, 0.25) is 0 Å². The Balaban J connectivity index is 2.29. The van der Waals surface area contributed by atoms with Gasteiger partial charge in [0.25, 0.3) is 0 Å². The minimum Gasteiger partial charge on any atom is -0.497 e. The van der Waals surface area contributed by atoms with Crippen LogP contribution in [0.5, 0.6) is 5.75 Å². The summed E-state index contributed by atoms with van der Waals surface area (Å²) in [7, 11) is -1.88. The van der Waals surface area contributed by atoms with Crippen LogP contribution < -0.4 is 10.5 Å². The van der Waals surface area contributed by atoms with Gasteiger partial charge in [0.15, 0.2) is 0 Å². The van der Waals surface area contributed by atoms with Gasteiger partial charge < -0.3 is 10.5 Å². The lowest BCUT2D eigenvalue weighted by Crippen LogP contribution is -2.39. The molecular formula is C12H18N2O3S. The zero-order chi connectivity index (χ0) is 13.2. The van der Waals surface area contributed by atoms with E-state index in [1.165, 1.54) is 4.31 Å². The molecule has 6 heteroatoms. The van der Waals surface area contributed by atoms with Gasteiger partial charge in [0.1, 0.15) is 5.75 Å². The lowest BCUT2D eigenvalue weighted by atomic mass is 10.2. The van der Waals surface area contributed by atoms with Gasteiger partial charge in [0.05, 0.1) is 12.0 Å². The fourth-order valence-electron chi connectivity index (χ4n) is 2.24. The van der Waals surface area contributed by atoms with Crippen LogP contribution in [-0.2, 0) is 10.0 Å². The van der Waals surface area contributed by atoms with Gasteiger partial charge in [-0.15, -0.1) is 0 Å². The first-order valence-electron chi connectivity index (χ1n) is 5.95. The maximum absolute atomic E-state index is 12.4. The van der Waals surface area contributed by atoms with E-state index in [0.717, 1.165) is 12.8 Å². The van der Waals surface area contributed by atoms with Gasteiger partial charge in [-0.05, 0) is 37.1 Å². The summed E-state index contributed by atoms with van der Waals surface area (Å²) in [4.78, 5) is 0.295. The van der Waals surface area contributed by atoms with Gasteiger partial charge in [-0.25, -0.2) is 8.42 Å². The molecule has 2 rings (SSSR count). The quantitative estimate of drug-likeness (QED) is 0.878. The minimum atomic E-state index is -3.43. The molecule has 0 amide bonds. The highest BCUT2D eigenvalue weighted by Gasteiger charge is 2.34. The molecule has 1 aromatic rings. The van der Waals surface area contributed by atoms with Crippen LogP contribution in [0.1, 0.15) is 12.8 Å². The average molecular weight is 270 g/mol. The van der Waals surface area contributed by atoms with E-state index in [1.54, 1.807) is 31.4 Å². The number of sulfonamides is 1. The first-order valence-corrected chi connectivity index (χ1v) is 7.39. The van der Waals surface area contributed by atoms with Crippen molar-refractivity contribution in [3.63, 3.8) is 0 Å². The summed E-state index contributed by atoms with van der Waals surface area (Å²) < 4.78 is 31.4. The summed E-state index contributed by atoms with van der Waals surface area (Å²) in [5, 5.41) is 0. The molecule has 1 fully saturated rings. The van der Waals surface area contributed by atoms with E-state index in [0.29, 0.717) is 23.7 Å². The van der Waals surface area contributed by atoms with E-state index in [9.17, 15) is 8.42 Å². The molecule has 18 heavy (non-hydrogen) atoms. The molecule has 1 aromatic carbocycles. The Morgan fingerprint density at radius 2 is 2.06 bits per heavy atom. The molecule has 2 N–H and O–H groups in total. The Bertz CT molecular complexity index is 499. The topological polar surface area (TPSA) is 72.6 Å². The smallest absolute Gasteiger partial charge is 0.243 e. The zero-order valence-corrected chi connectivity index (χ0v) is 11.2. The van der Waals surface area contributed by atoms with E-state index >= 15 is 0 Å². The normalized spacial score (nSPS) is 21.1. The van der Waals surface area contributed by atoms with Crippen molar-refractivity contribution in [2.75, 3.05) is 20.2 Å². The van der Waals surface area contributed by atoms with Crippen molar-refractivity contribution < 1.29 is 13.2 Å². The number of rotatable bonds is 4. The van der Waals surface area contributed by atoms with Gasteiger partial charge in [-0.2, -0.15) is 4.31 Å². The van der Waals surface area contributed by atoms with Crippen LogP contribution in [-0.4, -0.2) is 39.0 Å². The van der Waals surface area contributed by atoms with E-state index in [4.69, 9.17) is 10.5 Å². The Morgan fingerprint density at radius 3 is 2.61 bits per heavy atom. The standard InChI is InChI=1S/C12H18N2O3S/c1-17-11-4-6-12(7-5-11)18(15,16)14-8-2-3-10(14)9-13/h4-7,10H,2-3,8-9,13H2,1H3/t10-/m0/s1. The largest absolute Gasteiger partial charge is 0.497 e. The molecule has 0 aromatic heterocycles. The molecule has 0 spiro atoms. The number of hydrogen-bond acceptors (Lipinski definition) is 4. The van der Waals surface area contributed by atoms with Gasteiger partial charge in [0, 0.05) is 19.1 Å². The minimum absolute atomic E-state index is 0.0721. The van der Waals surface area contributed by atoms with Gasteiger partial charge in [-0.3, -0.25) is 0 Å². The molecule has 0 radical (unpaired) electrons. The highest BCUT2D eigenvalue weighted by molar-refractivity contribution is 7.89. The summed E-state index contributed by atoms with van der Waals surface area (Å²) in [5.41, 5.74) is 5.62. The second kappa shape index (κ2) is 5.26. The summed E-state index contributed by atoms with van der Waals surface area (Å²) >= 11 is 0. The number of ether oxygens (including phenoxy) is 1. The summed E-state index contributed by atoms with van der Waals surface area (Å²) in [6, 6.07) is 6.37. The Hall–Kier alpha value is -1.11. The second-order valence-electron chi connectivity index (χ2n) is 4.32. The van der Waals surface area contributed by atoms with Gasteiger partial charge in [0.2, 0.25) is 10.0 Å².